The number of rotatable bonds is 59. The Morgan fingerprint density at radius 3 is 0.776 bits per heavy atom. The Labute approximate surface area is 471 Å². The second-order valence-corrected chi connectivity index (χ2v) is 21.7. The van der Waals surface area contributed by atoms with E-state index in [2.05, 4.69) is 106 Å². The maximum Gasteiger partial charge on any atom is 0.306 e. The molecule has 0 heterocycles. The van der Waals surface area contributed by atoms with E-state index in [1.165, 1.54) is 180 Å². The van der Waals surface area contributed by atoms with Crippen molar-refractivity contribution in [3.8, 4) is 0 Å². The summed E-state index contributed by atoms with van der Waals surface area (Å²) in [7, 11) is 0. The van der Waals surface area contributed by atoms with E-state index in [1.54, 1.807) is 0 Å². The third-order valence-corrected chi connectivity index (χ3v) is 14.1. The minimum Gasteiger partial charge on any atom is -0.462 e. The van der Waals surface area contributed by atoms with Gasteiger partial charge in [0.05, 0.1) is 0 Å². The van der Waals surface area contributed by atoms with Crippen molar-refractivity contribution < 1.29 is 28.6 Å². The van der Waals surface area contributed by atoms with E-state index >= 15 is 0 Å². The lowest BCUT2D eigenvalue weighted by Gasteiger charge is -2.18. The zero-order valence-electron chi connectivity index (χ0n) is 50.3. The van der Waals surface area contributed by atoms with Gasteiger partial charge < -0.3 is 14.2 Å². The molecule has 1 unspecified atom stereocenters. The fourth-order valence-electron chi connectivity index (χ4n) is 9.14. The molecule has 0 aliphatic heterocycles. The molecule has 6 nitrogen and oxygen atoms in total. The monoisotopic (exact) mass is 1060 g/mol. The fraction of sp³-hybridized carbons (Fsp3) is 0.757. The molecule has 6 heteroatoms. The van der Waals surface area contributed by atoms with Crippen molar-refractivity contribution >= 4 is 17.9 Å². The van der Waals surface area contributed by atoms with Crippen molar-refractivity contribution in [2.24, 2.45) is 0 Å². The van der Waals surface area contributed by atoms with Crippen LogP contribution < -0.4 is 0 Å². The van der Waals surface area contributed by atoms with Gasteiger partial charge in [-0.05, 0) is 116 Å². The lowest BCUT2D eigenvalue weighted by atomic mass is 10.1. The molecule has 0 fully saturated rings. The number of unbranched alkanes of at least 4 members (excludes halogenated alkanes) is 34. The first-order chi connectivity index (χ1) is 37.5. The molecule has 1 atom stereocenters. The fourth-order valence-corrected chi connectivity index (χ4v) is 9.14. The predicted molar refractivity (Wildman–Crippen MR) is 330 cm³/mol. The van der Waals surface area contributed by atoms with E-state index in [4.69, 9.17) is 14.2 Å². The van der Waals surface area contributed by atoms with Crippen LogP contribution in [0.25, 0.3) is 0 Å². The third-order valence-electron chi connectivity index (χ3n) is 14.1. The Bertz CT molecular complexity index is 1450. The lowest BCUT2D eigenvalue weighted by molar-refractivity contribution is -0.167. The minimum absolute atomic E-state index is 0.0861. The lowest BCUT2D eigenvalue weighted by Crippen LogP contribution is -2.30. The molecule has 0 rings (SSSR count). The van der Waals surface area contributed by atoms with E-state index < -0.39 is 6.10 Å². The van der Waals surface area contributed by atoms with Crippen LogP contribution in [0.3, 0.4) is 0 Å². The molecule has 0 aliphatic carbocycles. The van der Waals surface area contributed by atoms with Crippen LogP contribution in [-0.4, -0.2) is 37.2 Å². The summed E-state index contributed by atoms with van der Waals surface area (Å²) in [5.74, 6) is -0.899. The van der Waals surface area contributed by atoms with Gasteiger partial charge in [0, 0.05) is 19.3 Å². The molecular formula is C70H122O6. The summed E-state index contributed by atoms with van der Waals surface area (Å²) in [6.07, 6.45) is 84.4. The molecule has 0 spiro atoms. The van der Waals surface area contributed by atoms with Crippen molar-refractivity contribution in [1.29, 1.82) is 0 Å². The SMILES string of the molecule is CCCC/C=C\C/C=C\CCCCCCCC(=O)OCC(COC(=O)CCCCCCCCCC/C=C\C/C=C\C/C=C\CCCCCCC)OC(=O)CCCCCCCCCCC/C=C\C/C=C\CCCCCCC. The van der Waals surface area contributed by atoms with Crippen LogP contribution in [0.4, 0.5) is 0 Å². The smallest absolute Gasteiger partial charge is 0.306 e. The summed E-state index contributed by atoms with van der Waals surface area (Å²) < 4.78 is 16.9. The molecule has 0 saturated heterocycles. The van der Waals surface area contributed by atoms with Crippen LogP contribution >= 0.6 is 0 Å². The van der Waals surface area contributed by atoms with Crippen LogP contribution in [0.1, 0.15) is 323 Å². The molecule has 0 aromatic rings. The van der Waals surface area contributed by atoms with Gasteiger partial charge in [0.25, 0.3) is 0 Å². The van der Waals surface area contributed by atoms with Crippen LogP contribution in [0.2, 0.25) is 0 Å². The first kappa shape index (κ1) is 72.6. The number of hydrogen-bond acceptors (Lipinski definition) is 6. The quantitative estimate of drug-likeness (QED) is 0.0261. The van der Waals surface area contributed by atoms with Gasteiger partial charge in [0.1, 0.15) is 13.2 Å². The molecule has 0 saturated carbocycles. The van der Waals surface area contributed by atoms with Gasteiger partial charge in [-0.2, -0.15) is 0 Å². The van der Waals surface area contributed by atoms with Crippen LogP contribution in [-0.2, 0) is 28.6 Å². The predicted octanol–water partition coefficient (Wildman–Crippen LogP) is 22.3. The topological polar surface area (TPSA) is 78.9 Å². The molecular weight excluding hydrogens is 937 g/mol. The van der Waals surface area contributed by atoms with Gasteiger partial charge in [0.2, 0.25) is 0 Å². The first-order valence-corrected chi connectivity index (χ1v) is 32.6. The van der Waals surface area contributed by atoms with Crippen LogP contribution in [0.5, 0.6) is 0 Å². The summed E-state index contributed by atoms with van der Waals surface area (Å²) in [5.41, 5.74) is 0. The Morgan fingerprint density at radius 2 is 0.487 bits per heavy atom. The summed E-state index contributed by atoms with van der Waals surface area (Å²) in [6.45, 7) is 6.59. The van der Waals surface area contributed by atoms with Crippen molar-refractivity contribution in [3.05, 3.63) is 85.1 Å². The van der Waals surface area contributed by atoms with E-state index in [0.29, 0.717) is 19.3 Å². The average molecular weight is 1060 g/mol. The summed E-state index contributed by atoms with van der Waals surface area (Å²) >= 11 is 0. The van der Waals surface area contributed by atoms with Crippen molar-refractivity contribution in [3.63, 3.8) is 0 Å². The van der Waals surface area contributed by atoms with Crippen molar-refractivity contribution in [1.82, 2.24) is 0 Å². The van der Waals surface area contributed by atoms with Crippen LogP contribution in [0, 0.1) is 0 Å². The standard InChI is InChI=1S/C70H122O6/c1-4-7-10-13-16-19-22-25-28-30-32-34-35-37-38-40-42-45-48-51-54-57-60-63-69(72)75-66-67(65-74-68(71)62-59-56-53-50-47-44-27-24-21-18-15-12-9-6-3)76-70(73)64-61-58-55-52-49-46-43-41-39-36-33-31-29-26-23-20-17-14-11-8-5-2/h15,18,22-27,30-33,35,37,67H,4-14,16-17,19-21,28-29,34,36,38-66H2,1-3H3/b18-15-,25-22-,26-23-,27-24-,32-30-,33-31-,37-35-. The van der Waals surface area contributed by atoms with E-state index in [0.717, 1.165) is 103 Å². The van der Waals surface area contributed by atoms with Gasteiger partial charge in [-0.25, -0.2) is 0 Å². The number of allylic oxidation sites excluding steroid dienone is 14. The number of carbonyl (C=O) groups is 3. The molecule has 0 aromatic heterocycles. The molecule has 438 valence electrons. The summed E-state index contributed by atoms with van der Waals surface area (Å²) in [6, 6.07) is 0. The molecule has 76 heavy (non-hydrogen) atoms. The summed E-state index contributed by atoms with van der Waals surface area (Å²) in [5, 5.41) is 0. The molecule has 0 aliphatic rings. The zero-order chi connectivity index (χ0) is 55.0. The minimum atomic E-state index is -0.790. The van der Waals surface area contributed by atoms with Crippen LogP contribution in [0.15, 0.2) is 85.1 Å². The van der Waals surface area contributed by atoms with Crippen molar-refractivity contribution in [2.45, 2.75) is 329 Å². The Kier molecular flexibility index (Phi) is 61.2. The summed E-state index contributed by atoms with van der Waals surface area (Å²) in [4.78, 5) is 38.3. The Balaban J connectivity index is 4.37. The maximum atomic E-state index is 12.9. The second-order valence-electron chi connectivity index (χ2n) is 21.7. The highest BCUT2D eigenvalue weighted by Crippen LogP contribution is 2.16. The second kappa shape index (κ2) is 64.1. The number of hydrogen-bond donors (Lipinski definition) is 0. The highest BCUT2D eigenvalue weighted by molar-refractivity contribution is 5.71. The molecule has 0 amide bonds. The van der Waals surface area contributed by atoms with E-state index in [-0.39, 0.29) is 31.1 Å². The van der Waals surface area contributed by atoms with Gasteiger partial charge in [0.15, 0.2) is 6.10 Å². The van der Waals surface area contributed by atoms with E-state index in [9.17, 15) is 14.4 Å². The van der Waals surface area contributed by atoms with Gasteiger partial charge >= 0.3 is 17.9 Å². The first-order valence-electron chi connectivity index (χ1n) is 32.6. The molecule has 0 aromatic carbocycles. The highest BCUT2D eigenvalue weighted by Gasteiger charge is 2.19. The molecule has 0 N–H and O–H groups in total. The Morgan fingerprint density at radius 1 is 0.263 bits per heavy atom. The Hall–Kier alpha value is -3.41. The van der Waals surface area contributed by atoms with Gasteiger partial charge in [-0.3, -0.25) is 14.4 Å². The average Bonchev–Trinajstić information content (AvgIpc) is 3.42. The zero-order valence-corrected chi connectivity index (χ0v) is 50.3. The number of carbonyl (C=O) groups excluding carboxylic acids is 3. The molecule has 0 bridgehead atoms. The highest BCUT2D eigenvalue weighted by atomic mass is 16.6. The molecule has 0 radical (unpaired) electrons. The van der Waals surface area contributed by atoms with E-state index in [1.807, 2.05) is 0 Å². The third kappa shape index (κ3) is 61.4. The van der Waals surface area contributed by atoms with Gasteiger partial charge in [-0.15, -0.1) is 0 Å². The largest absolute Gasteiger partial charge is 0.462 e. The number of ether oxygens (including phenoxy) is 3. The number of esters is 3. The van der Waals surface area contributed by atoms with Crippen molar-refractivity contribution in [2.75, 3.05) is 13.2 Å². The normalized spacial score (nSPS) is 12.6. The maximum absolute atomic E-state index is 12.9. The van der Waals surface area contributed by atoms with Gasteiger partial charge in [-0.1, -0.05) is 273 Å².